The molecule has 2 aliphatic heterocycles. The quantitative estimate of drug-likeness (QED) is 0.429. The number of carbonyl (C=O) groups is 2. The lowest BCUT2D eigenvalue weighted by molar-refractivity contribution is -0.126. The number of benzene rings is 1. The van der Waals surface area contributed by atoms with E-state index in [1.54, 1.807) is 31.6 Å². The fourth-order valence-corrected chi connectivity index (χ4v) is 6.19. The van der Waals surface area contributed by atoms with Crippen LogP contribution in [-0.2, 0) is 4.79 Å². The van der Waals surface area contributed by atoms with Gasteiger partial charge in [-0.1, -0.05) is 23.9 Å². The number of amides is 3. The molecule has 1 unspecified atom stereocenters. The maximum atomic E-state index is 14.2. The van der Waals surface area contributed by atoms with Gasteiger partial charge in [0.25, 0.3) is 5.91 Å². The zero-order valence-corrected chi connectivity index (χ0v) is 22.5. The van der Waals surface area contributed by atoms with Crippen molar-refractivity contribution in [3.8, 4) is 0 Å². The molecule has 1 atom stereocenters. The van der Waals surface area contributed by atoms with Gasteiger partial charge in [-0.25, -0.2) is 14.2 Å². The third-order valence-corrected chi connectivity index (χ3v) is 7.99. The lowest BCUT2D eigenvalue weighted by Gasteiger charge is -2.38. The molecular weight excluding hydrogens is 493 g/mol. The number of rotatable bonds is 9. The van der Waals surface area contributed by atoms with Gasteiger partial charge in [-0.15, -0.1) is 0 Å². The van der Waals surface area contributed by atoms with Gasteiger partial charge in [-0.05, 0) is 77.6 Å². The Balaban J connectivity index is 1.71. The van der Waals surface area contributed by atoms with Gasteiger partial charge in [-0.2, -0.15) is 0 Å². The number of aromatic nitrogens is 2. The summed E-state index contributed by atoms with van der Waals surface area (Å²) >= 11 is 1.54. The van der Waals surface area contributed by atoms with Gasteiger partial charge in [-0.3, -0.25) is 9.69 Å². The highest BCUT2D eigenvalue weighted by Crippen LogP contribution is 2.53. The minimum absolute atomic E-state index is 0.0980. The van der Waals surface area contributed by atoms with Crippen LogP contribution in [0.2, 0.25) is 0 Å². The number of aromatic amines is 1. The summed E-state index contributed by atoms with van der Waals surface area (Å²) in [5, 5.41) is 6.08. The van der Waals surface area contributed by atoms with Crippen molar-refractivity contribution < 1.29 is 14.0 Å². The number of piperidine rings is 1. The predicted octanol–water partition coefficient (Wildman–Crippen LogP) is 3.23. The number of likely N-dealkylation sites (N-methyl/N-ethyl adjacent to an activating group) is 1. The Morgan fingerprint density at radius 2 is 1.95 bits per heavy atom. The van der Waals surface area contributed by atoms with Gasteiger partial charge < -0.3 is 25.4 Å². The number of carbonyl (C=O) groups excluding carboxylic acids is 2. The van der Waals surface area contributed by atoms with Crippen LogP contribution in [0.4, 0.5) is 9.18 Å². The molecule has 0 bridgehead atoms. The van der Waals surface area contributed by atoms with Crippen molar-refractivity contribution in [3.63, 3.8) is 0 Å². The Kier molecular flexibility index (Phi) is 9.23. The third kappa shape index (κ3) is 6.34. The number of nitrogens with zero attached hydrogens (tertiary/aromatic N) is 4. The number of nitrogens with one attached hydrogen (secondary N) is 3. The average Bonchev–Trinajstić information content (AvgIpc) is 3.56. The maximum absolute atomic E-state index is 14.2. The first-order valence-electron chi connectivity index (χ1n) is 12.8. The Morgan fingerprint density at radius 3 is 2.57 bits per heavy atom. The molecule has 0 aliphatic carbocycles. The van der Waals surface area contributed by atoms with Crippen molar-refractivity contribution in [2.45, 2.75) is 37.6 Å². The molecule has 11 heteroatoms. The largest absolute Gasteiger partial charge is 0.346 e. The van der Waals surface area contributed by atoms with Gasteiger partial charge in [0, 0.05) is 24.0 Å². The highest BCUT2D eigenvalue weighted by molar-refractivity contribution is 8.08. The van der Waals surface area contributed by atoms with Crippen LogP contribution in [0, 0.1) is 5.82 Å². The van der Waals surface area contributed by atoms with Gasteiger partial charge in [0.15, 0.2) is 0 Å². The molecule has 1 aromatic heterocycles. The minimum atomic E-state index is -0.405. The highest BCUT2D eigenvalue weighted by atomic mass is 32.2. The highest BCUT2D eigenvalue weighted by Gasteiger charge is 2.44. The van der Waals surface area contributed by atoms with E-state index in [0.29, 0.717) is 12.2 Å². The van der Waals surface area contributed by atoms with E-state index in [0.717, 1.165) is 55.1 Å². The molecule has 3 heterocycles. The van der Waals surface area contributed by atoms with E-state index in [1.165, 1.54) is 28.8 Å². The molecular formula is C26H36FN7O2S. The van der Waals surface area contributed by atoms with E-state index >= 15 is 0 Å². The van der Waals surface area contributed by atoms with Gasteiger partial charge >= 0.3 is 6.03 Å². The lowest BCUT2D eigenvalue weighted by Crippen LogP contribution is -2.49. The molecule has 4 rings (SSSR count). The van der Waals surface area contributed by atoms with Gasteiger partial charge in [0.05, 0.1) is 18.2 Å². The number of halogens is 1. The fourth-order valence-electron chi connectivity index (χ4n) is 4.74. The molecule has 37 heavy (non-hydrogen) atoms. The van der Waals surface area contributed by atoms with Crippen molar-refractivity contribution in [1.29, 1.82) is 0 Å². The molecule has 2 aliphatic rings. The monoisotopic (exact) mass is 529 g/mol. The number of thioether (sulfide) groups is 1. The summed E-state index contributed by atoms with van der Waals surface area (Å²) in [6.45, 7) is 5.05. The van der Waals surface area contributed by atoms with Crippen molar-refractivity contribution in [2.75, 3.05) is 46.8 Å². The summed E-state index contributed by atoms with van der Waals surface area (Å²) in [5.41, 5.74) is 2.11. The van der Waals surface area contributed by atoms with Crippen LogP contribution < -0.4 is 10.6 Å². The van der Waals surface area contributed by atoms with Crippen LogP contribution >= 0.6 is 11.8 Å². The first-order chi connectivity index (χ1) is 17.9. The number of imidazole rings is 1. The Bertz CT molecular complexity index is 1080. The Labute approximate surface area is 221 Å². The van der Waals surface area contributed by atoms with Crippen molar-refractivity contribution in [3.05, 3.63) is 59.6 Å². The molecule has 0 spiro atoms. The zero-order valence-electron chi connectivity index (χ0n) is 21.7. The average molecular weight is 530 g/mol. The van der Waals surface area contributed by atoms with E-state index in [-0.39, 0.29) is 29.7 Å². The Hall–Kier alpha value is -2.89. The molecule has 1 saturated heterocycles. The Morgan fingerprint density at radius 1 is 1.22 bits per heavy atom. The molecule has 1 aromatic carbocycles. The van der Waals surface area contributed by atoms with E-state index in [1.807, 2.05) is 14.1 Å². The SMILES string of the molecule is CCN(C(=O)NCCCN(C)C)C(=O)C1=C(c2ccc(F)cc2)SC(c2cnc[nH]2)N1C1CCNCC1. The second kappa shape index (κ2) is 12.6. The number of hydrogen-bond donors (Lipinski definition) is 3. The number of H-pyrrole nitrogens is 1. The number of hydrogen-bond acceptors (Lipinski definition) is 7. The molecule has 0 radical (unpaired) electrons. The predicted molar refractivity (Wildman–Crippen MR) is 144 cm³/mol. The van der Waals surface area contributed by atoms with Crippen LogP contribution in [0.15, 0.2) is 42.5 Å². The minimum Gasteiger partial charge on any atom is -0.346 e. The first kappa shape index (κ1) is 27.2. The summed E-state index contributed by atoms with van der Waals surface area (Å²) in [6.07, 6.45) is 5.92. The summed E-state index contributed by atoms with van der Waals surface area (Å²) in [5.74, 6) is -0.687. The van der Waals surface area contributed by atoms with Crippen LogP contribution in [0.5, 0.6) is 0 Å². The normalized spacial score (nSPS) is 18.5. The third-order valence-electron chi connectivity index (χ3n) is 6.62. The standard InChI is InChI=1S/C26H36FN7O2S/c1-4-33(26(36)30-12-5-15-32(2)3)24(35)22-23(18-6-8-19(27)9-7-18)37-25(21-16-29-17-31-21)34(22)20-10-13-28-14-11-20/h6-9,16-17,20,25,28H,4-5,10-15H2,1-3H3,(H,29,31)(H,30,36). The van der Waals surface area contributed by atoms with Crippen LogP contribution in [0.25, 0.3) is 4.91 Å². The molecule has 3 amide bonds. The first-order valence-corrected chi connectivity index (χ1v) is 13.7. The number of urea groups is 1. The molecule has 2 aromatic rings. The molecule has 1 fully saturated rings. The molecule has 3 N–H and O–H groups in total. The summed E-state index contributed by atoms with van der Waals surface area (Å²) in [7, 11) is 3.97. The smallest absolute Gasteiger partial charge is 0.324 e. The second-order valence-corrected chi connectivity index (χ2v) is 10.6. The van der Waals surface area contributed by atoms with Crippen LogP contribution in [-0.4, -0.2) is 89.5 Å². The number of imide groups is 1. The van der Waals surface area contributed by atoms with Crippen molar-refractivity contribution >= 4 is 28.6 Å². The summed E-state index contributed by atoms with van der Waals surface area (Å²) in [4.78, 5) is 41.0. The van der Waals surface area contributed by atoms with E-state index < -0.39 is 6.03 Å². The van der Waals surface area contributed by atoms with Crippen LogP contribution in [0.1, 0.15) is 42.8 Å². The lowest BCUT2D eigenvalue weighted by atomic mass is 10.0. The fraction of sp³-hybridized carbons (Fsp3) is 0.500. The van der Waals surface area contributed by atoms with Gasteiger partial charge in [0.2, 0.25) is 0 Å². The summed E-state index contributed by atoms with van der Waals surface area (Å²) in [6, 6.07) is 5.88. The van der Waals surface area contributed by atoms with E-state index in [2.05, 4.69) is 30.4 Å². The van der Waals surface area contributed by atoms with E-state index in [9.17, 15) is 14.0 Å². The van der Waals surface area contributed by atoms with Gasteiger partial charge in [0.1, 0.15) is 16.9 Å². The molecule has 200 valence electrons. The molecule has 9 nitrogen and oxygen atoms in total. The maximum Gasteiger partial charge on any atom is 0.324 e. The van der Waals surface area contributed by atoms with Crippen molar-refractivity contribution in [2.24, 2.45) is 0 Å². The summed E-state index contributed by atoms with van der Waals surface area (Å²) < 4.78 is 13.8. The van der Waals surface area contributed by atoms with E-state index in [4.69, 9.17) is 0 Å². The van der Waals surface area contributed by atoms with Crippen molar-refractivity contribution in [1.82, 2.24) is 35.3 Å². The second-order valence-electron chi connectivity index (χ2n) is 9.49. The zero-order chi connectivity index (χ0) is 26.4. The topological polar surface area (TPSA) is 96.6 Å². The molecule has 0 saturated carbocycles. The van der Waals surface area contributed by atoms with Crippen LogP contribution in [0.3, 0.4) is 0 Å².